The number of nitrogens with one attached hydrogen (secondary N) is 1. The van der Waals surface area contributed by atoms with Gasteiger partial charge in [0.15, 0.2) is 0 Å². The molecule has 0 spiro atoms. The second kappa shape index (κ2) is 7.34. The van der Waals surface area contributed by atoms with Crippen molar-refractivity contribution in [2.45, 2.75) is 57.9 Å². The summed E-state index contributed by atoms with van der Waals surface area (Å²) < 4.78 is 0. The fourth-order valence-electron chi connectivity index (χ4n) is 2.24. The van der Waals surface area contributed by atoms with Crippen LogP contribution in [0.2, 0.25) is 0 Å². The number of rotatable bonds is 5. The van der Waals surface area contributed by atoms with Gasteiger partial charge in [-0.15, -0.1) is 23.7 Å². The first kappa shape index (κ1) is 14.9. The maximum Gasteiger partial charge on any atom is 0.0953 e. The van der Waals surface area contributed by atoms with E-state index >= 15 is 0 Å². The summed E-state index contributed by atoms with van der Waals surface area (Å²) in [6, 6.07) is 0.781. The number of aromatic nitrogens is 1. The Kier molecular flexibility index (Phi) is 6.45. The lowest BCUT2D eigenvalue weighted by molar-refractivity contribution is 0.526. The third-order valence-electron chi connectivity index (χ3n) is 3.23. The van der Waals surface area contributed by atoms with Crippen LogP contribution in [0.15, 0.2) is 5.38 Å². The molecule has 0 aliphatic heterocycles. The largest absolute Gasteiger partial charge is 0.314 e. The lowest BCUT2D eigenvalue weighted by atomic mass is 10.2. The summed E-state index contributed by atoms with van der Waals surface area (Å²) in [5, 5.41) is 7.12. The van der Waals surface area contributed by atoms with Crippen molar-refractivity contribution in [3.8, 4) is 0 Å². The highest BCUT2D eigenvalue weighted by Crippen LogP contribution is 2.20. The lowest BCUT2D eigenvalue weighted by Gasteiger charge is -2.10. The van der Waals surface area contributed by atoms with Gasteiger partial charge >= 0.3 is 0 Å². The molecule has 1 fully saturated rings. The van der Waals surface area contributed by atoms with Crippen LogP contribution in [0, 0.1) is 0 Å². The van der Waals surface area contributed by atoms with Crippen molar-refractivity contribution in [1.82, 2.24) is 10.3 Å². The van der Waals surface area contributed by atoms with E-state index in [1.165, 1.54) is 36.4 Å². The molecule has 98 valence electrons. The van der Waals surface area contributed by atoms with Crippen LogP contribution in [0.4, 0.5) is 0 Å². The maximum atomic E-state index is 4.65. The smallest absolute Gasteiger partial charge is 0.0953 e. The molecule has 0 atom stereocenters. The molecule has 4 heteroatoms. The molecule has 1 heterocycles. The highest BCUT2D eigenvalue weighted by Gasteiger charge is 2.13. The molecule has 2 rings (SSSR count). The van der Waals surface area contributed by atoms with Crippen LogP contribution in [-0.4, -0.2) is 17.6 Å². The van der Waals surface area contributed by atoms with Crippen molar-refractivity contribution in [3.63, 3.8) is 0 Å². The highest BCUT2D eigenvalue weighted by atomic mass is 35.5. The van der Waals surface area contributed by atoms with E-state index in [-0.39, 0.29) is 12.4 Å². The van der Waals surface area contributed by atoms with Crippen molar-refractivity contribution in [1.29, 1.82) is 0 Å². The second-order valence-corrected chi connectivity index (χ2v) is 5.91. The molecule has 1 aliphatic carbocycles. The average Bonchev–Trinajstić information content (AvgIpc) is 2.87. The zero-order valence-corrected chi connectivity index (χ0v) is 12.4. The Hall–Kier alpha value is -0.120. The third kappa shape index (κ3) is 4.57. The summed E-state index contributed by atoms with van der Waals surface area (Å²) in [7, 11) is 0. The van der Waals surface area contributed by atoms with Gasteiger partial charge in [-0.05, 0) is 12.8 Å². The minimum atomic E-state index is 0. The monoisotopic (exact) mass is 274 g/mol. The Bertz CT molecular complexity index is 319. The van der Waals surface area contributed by atoms with Crippen LogP contribution >= 0.6 is 23.7 Å². The van der Waals surface area contributed by atoms with Crippen LogP contribution in [0.5, 0.6) is 0 Å². The standard InChI is InChI=1S/C13H22N2S.ClH/c1-10(2)13-15-12(9-16-13)7-8-14-11-5-3-4-6-11;/h9-11,14H,3-8H2,1-2H3;1H. The van der Waals surface area contributed by atoms with Crippen molar-refractivity contribution in [2.75, 3.05) is 6.54 Å². The molecule has 17 heavy (non-hydrogen) atoms. The van der Waals surface area contributed by atoms with Gasteiger partial charge in [0.25, 0.3) is 0 Å². The lowest BCUT2D eigenvalue weighted by Crippen LogP contribution is -2.28. The molecule has 1 aromatic heterocycles. The molecule has 0 aromatic carbocycles. The van der Waals surface area contributed by atoms with E-state index in [0.29, 0.717) is 5.92 Å². The molecule has 1 aliphatic rings. The van der Waals surface area contributed by atoms with Crippen LogP contribution in [0.1, 0.15) is 56.2 Å². The topological polar surface area (TPSA) is 24.9 Å². The first-order valence-corrected chi connectivity index (χ1v) is 7.31. The molecule has 2 nitrogen and oxygen atoms in total. The van der Waals surface area contributed by atoms with E-state index in [0.717, 1.165) is 19.0 Å². The summed E-state index contributed by atoms with van der Waals surface area (Å²) in [5.74, 6) is 0.571. The van der Waals surface area contributed by atoms with E-state index < -0.39 is 0 Å². The van der Waals surface area contributed by atoms with Crippen LogP contribution in [0.3, 0.4) is 0 Å². The molecule has 1 saturated carbocycles. The van der Waals surface area contributed by atoms with Gasteiger partial charge < -0.3 is 5.32 Å². The molecular formula is C13H23ClN2S. The Morgan fingerprint density at radius 2 is 2.12 bits per heavy atom. The van der Waals surface area contributed by atoms with Gasteiger partial charge in [-0.3, -0.25) is 0 Å². The van der Waals surface area contributed by atoms with Crippen LogP contribution in [-0.2, 0) is 6.42 Å². The molecule has 0 saturated heterocycles. The van der Waals surface area contributed by atoms with Crippen molar-refractivity contribution >= 4 is 23.7 Å². The van der Waals surface area contributed by atoms with Crippen molar-refractivity contribution in [2.24, 2.45) is 0 Å². The molecule has 0 radical (unpaired) electrons. The fraction of sp³-hybridized carbons (Fsp3) is 0.769. The number of hydrogen-bond donors (Lipinski definition) is 1. The summed E-state index contributed by atoms with van der Waals surface area (Å²) in [6.45, 7) is 5.50. The highest BCUT2D eigenvalue weighted by molar-refractivity contribution is 7.09. The van der Waals surface area contributed by atoms with Gasteiger partial charge in [-0.2, -0.15) is 0 Å². The quantitative estimate of drug-likeness (QED) is 0.884. The van der Waals surface area contributed by atoms with E-state index in [1.807, 2.05) is 0 Å². The minimum Gasteiger partial charge on any atom is -0.314 e. The molecular weight excluding hydrogens is 252 g/mol. The first-order chi connectivity index (χ1) is 7.75. The van der Waals surface area contributed by atoms with Crippen LogP contribution < -0.4 is 5.32 Å². The molecule has 0 unspecified atom stereocenters. The molecule has 0 amide bonds. The van der Waals surface area contributed by atoms with Crippen LogP contribution in [0.25, 0.3) is 0 Å². The first-order valence-electron chi connectivity index (χ1n) is 6.43. The molecule has 0 bridgehead atoms. The predicted octanol–water partition coefficient (Wildman–Crippen LogP) is 3.76. The minimum absolute atomic E-state index is 0. The fourth-order valence-corrected chi connectivity index (χ4v) is 3.11. The summed E-state index contributed by atoms with van der Waals surface area (Å²) in [5.41, 5.74) is 1.26. The van der Waals surface area contributed by atoms with Gasteiger partial charge in [0.05, 0.1) is 10.7 Å². The Labute approximate surface area is 115 Å². The van der Waals surface area contributed by atoms with E-state index in [1.54, 1.807) is 11.3 Å². The maximum absolute atomic E-state index is 4.65. The second-order valence-electron chi connectivity index (χ2n) is 5.02. The number of nitrogens with zero attached hydrogens (tertiary/aromatic N) is 1. The predicted molar refractivity (Wildman–Crippen MR) is 77.4 cm³/mol. The third-order valence-corrected chi connectivity index (χ3v) is 4.43. The van der Waals surface area contributed by atoms with Gasteiger partial charge in [0.1, 0.15) is 0 Å². The number of hydrogen-bond acceptors (Lipinski definition) is 3. The normalized spacial score (nSPS) is 16.4. The summed E-state index contributed by atoms with van der Waals surface area (Å²) in [6.07, 6.45) is 6.64. The Morgan fingerprint density at radius 3 is 2.71 bits per heavy atom. The Balaban J connectivity index is 0.00000144. The van der Waals surface area contributed by atoms with E-state index in [2.05, 4.69) is 29.5 Å². The van der Waals surface area contributed by atoms with Gasteiger partial charge in [-0.1, -0.05) is 26.7 Å². The molecule has 1 aromatic rings. The number of thiazole rings is 1. The molecule has 1 N–H and O–H groups in total. The zero-order valence-electron chi connectivity index (χ0n) is 10.7. The summed E-state index contributed by atoms with van der Waals surface area (Å²) >= 11 is 1.80. The average molecular weight is 275 g/mol. The summed E-state index contributed by atoms with van der Waals surface area (Å²) in [4.78, 5) is 4.65. The SMILES string of the molecule is CC(C)c1nc(CCNC2CCCC2)cs1.Cl. The van der Waals surface area contributed by atoms with Gasteiger partial charge in [-0.25, -0.2) is 4.98 Å². The van der Waals surface area contributed by atoms with Gasteiger partial charge in [0, 0.05) is 30.3 Å². The van der Waals surface area contributed by atoms with Crippen molar-refractivity contribution < 1.29 is 0 Å². The van der Waals surface area contributed by atoms with E-state index in [9.17, 15) is 0 Å². The zero-order chi connectivity index (χ0) is 11.4. The van der Waals surface area contributed by atoms with Gasteiger partial charge in [0.2, 0.25) is 0 Å². The van der Waals surface area contributed by atoms with E-state index in [4.69, 9.17) is 0 Å². The number of halogens is 1. The van der Waals surface area contributed by atoms with Crippen molar-refractivity contribution in [3.05, 3.63) is 16.1 Å². The Morgan fingerprint density at radius 1 is 1.41 bits per heavy atom.